The van der Waals surface area contributed by atoms with Crippen LogP contribution in [0, 0.1) is 0 Å². The molecule has 0 radical (unpaired) electrons. The van der Waals surface area contributed by atoms with Crippen molar-refractivity contribution in [1.82, 2.24) is 0 Å². The summed E-state index contributed by atoms with van der Waals surface area (Å²) in [4.78, 5) is 11.9. The van der Waals surface area contributed by atoms with Gasteiger partial charge >= 0.3 is 5.97 Å². The molecule has 2 heteroatoms. The van der Waals surface area contributed by atoms with Crippen LogP contribution in [0.4, 0.5) is 0 Å². The van der Waals surface area contributed by atoms with Crippen molar-refractivity contribution in [1.29, 1.82) is 0 Å². The molecule has 0 aliphatic carbocycles. The second-order valence-electron chi connectivity index (χ2n) is 10.8. The van der Waals surface area contributed by atoms with E-state index in [9.17, 15) is 4.79 Å². The van der Waals surface area contributed by atoms with E-state index in [1.165, 1.54) is 141 Å². The normalized spacial score (nSPS) is 11.7. The van der Waals surface area contributed by atoms with Crippen molar-refractivity contribution >= 4 is 5.97 Å². The van der Waals surface area contributed by atoms with Crippen LogP contribution < -0.4 is 0 Å². The predicted molar refractivity (Wildman–Crippen MR) is 161 cm³/mol. The maximum atomic E-state index is 11.9. The Labute approximate surface area is 227 Å². The lowest BCUT2D eigenvalue weighted by atomic mass is 10.1. The van der Waals surface area contributed by atoms with Gasteiger partial charge < -0.3 is 4.74 Å². The number of rotatable bonds is 29. The van der Waals surface area contributed by atoms with Gasteiger partial charge in [-0.3, -0.25) is 4.79 Å². The zero-order valence-electron chi connectivity index (χ0n) is 24.7. The van der Waals surface area contributed by atoms with Gasteiger partial charge in [-0.2, -0.15) is 0 Å². The van der Waals surface area contributed by atoms with Crippen LogP contribution in [0.2, 0.25) is 0 Å². The van der Waals surface area contributed by atoms with Crippen LogP contribution >= 0.6 is 0 Å². The smallest absolute Gasteiger partial charge is 0.305 e. The molecule has 0 rings (SSSR count). The molecule has 0 heterocycles. The summed E-state index contributed by atoms with van der Waals surface area (Å²) in [7, 11) is 0. The summed E-state index contributed by atoms with van der Waals surface area (Å²) < 4.78 is 5.41. The Hall–Kier alpha value is -1.05. The van der Waals surface area contributed by atoms with Crippen LogP contribution in [0.3, 0.4) is 0 Å². The highest BCUT2D eigenvalue weighted by Gasteiger charge is 2.02. The molecule has 212 valence electrons. The summed E-state index contributed by atoms with van der Waals surface area (Å²) in [5.74, 6) is 0.00810. The SMILES string of the molecule is CCCCCC/C=C/CCCCCCCC(=O)OCCCCCCCC/C=C/CCCCCCCC. The van der Waals surface area contributed by atoms with Crippen LogP contribution in [0.15, 0.2) is 24.3 Å². The van der Waals surface area contributed by atoms with Gasteiger partial charge in [0.05, 0.1) is 6.61 Å². The van der Waals surface area contributed by atoms with E-state index in [4.69, 9.17) is 4.74 Å². The first kappa shape index (κ1) is 35.0. The Morgan fingerprint density at radius 2 is 0.778 bits per heavy atom. The summed E-state index contributed by atoms with van der Waals surface area (Å²) >= 11 is 0. The quantitative estimate of drug-likeness (QED) is 0.0575. The first-order valence-corrected chi connectivity index (χ1v) is 16.3. The second-order valence-corrected chi connectivity index (χ2v) is 10.8. The van der Waals surface area contributed by atoms with E-state index in [-0.39, 0.29) is 5.97 Å². The minimum absolute atomic E-state index is 0.00810. The van der Waals surface area contributed by atoms with E-state index < -0.39 is 0 Å². The van der Waals surface area contributed by atoms with E-state index in [0.29, 0.717) is 13.0 Å². The van der Waals surface area contributed by atoms with E-state index in [1.54, 1.807) is 0 Å². The van der Waals surface area contributed by atoms with Gasteiger partial charge in [0.1, 0.15) is 0 Å². The number of allylic oxidation sites excluding steroid dienone is 4. The molecule has 0 unspecified atom stereocenters. The van der Waals surface area contributed by atoms with Gasteiger partial charge in [0, 0.05) is 6.42 Å². The van der Waals surface area contributed by atoms with Crippen molar-refractivity contribution in [3.8, 4) is 0 Å². The molecule has 0 fully saturated rings. The van der Waals surface area contributed by atoms with Crippen LogP contribution in [0.1, 0.15) is 181 Å². The summed E-state index contributed by atoms with van der Waals surface area (Å²) in [6.07, 6.45) is 42.2. The standard InChI is InChI=1S/C34H64O2/c1-3-5-7-9-11-13-15-17-18-19-21-23-25-27-29-31-33-36-34(35)32-30-28-26-24-22-20-16-14-12-10-8-6-4-2/h14,16-18H,3-13,15,19-33H2,1-2H3/b16-14+,18-17+. The van der Waals surface area contributed by atoms with Gasteiger partial charge in [-0.25, -0.2) is 0 Å². The van der Waals surface area contributed by atoms with Crippen molar-refractivity contribution in [3.63, 3.8) is 0 Å². The van der Waals surface area contributed by atoms with Crippen molar-refractivity contribution < 1.29 is 9.53 Å². The molecule has 0 atom stereocenters. The first-order chi connectivity index (χ1) is 17.8. The number of carbonyl (C=O) groups is 1. The molecule has 0 aliphatic rings. The topological polar surface area (TPSA) is 26.3 Å². The largest absolute Gasteiger partial charge is 0.466 e. The fourth-order valence-corrected chi connectivity index (χ4v) is 4.59. The van der Waals surface area contributed by atoms with Gasteiger partial charge in [0.15, 0.2) is 0 Å². The molecule has 0 aromatic rings. The van der Waals surface area contributed by atoms with Crippen molar-refractivity contribution in [2.24, 2.45) is 0 Å². The third-order valence-corrected chi connectivity index (χ3v) is 7.06. The Bertz CT molecular complexity index is 480. The molecular formula is C34H64O2. The molecule has 0 bridgehead atoms. The lowest BCUT2D eigenvalue weighted by Gasteiger charge is -2.05. The molecule has 0 saturated heterocycles. The average Bonchev–Trinajstić information content (AvgIpc) is 2.88. The van der Waals surface area contributed by atoms with Gasteiger partial charge in [-0.05, 0) is 64.2 Å². The Kier molecular flexibility index (Phi) is 31.0. The number of unbranched alkanes of at least 4 members (excludes halogenated alkanes) is 21. The van der Waals surface area contributed by atoms with Crippen molar-refractivity contribution in [3.05, 3.63) is 24.3 Å². The number of hydrogen-bond acceptors (Lipinski definition) is 2. The summed E-state index contributed by atoms with van der Waals surface area (Å²) in [6, 6.07) is 0. The molecule has 2 nitrogen and oxygen atoms in total. The summed E-state index contributed by atoms with van der Waals surface area (Å²) in [6.45, 7) is 5.16. The maximum absolute atomic E-state index is 11.9. The van der Waals surface area contributed by atoms with E-state index in [0.717, 1.165) is 19.3 Å². The fourth-order valence-electron chi connectivity index (χ4n) is 4.59. The molecule has 0 N–H and O–H groups in total. The number of carbonyl (C=O) groups excluding carboxylic acids is 1. The number of ether oxygens (including phenoxy) is 1. The van der Waals surface area contributed by atoms with Gasteiger partial charge in [-0.15, -0.1) is 0 Å². The molecular weight excluding hydrogens is 440 g/mol. The Balaban J connectivity index is 3.23. The zero-order valence-corrected chi connectivity index (χ0v) is 24.7. The van der Waals surface area contributed by atoms with Crippen LogP contribution in [-0.2, 0) is 9.53 Å². The highest BCUT2D eigenvalue weighted by Crippen LogP contribution is 2.11. The first-order valence-electron chi connectivity index (χ1n) is 16.3. The minimum Gasteiger partial charge on any atom is -0.466 e. The average molecular weight is 505 g/mol. The molecule has 0 aliphatic heterocycles. The van der Waals surface area contributed by atoms with Gasteiger partial charge in [-0.1, -0.05) is 134 Å². The fraction of sp³-hybridized carbons (Fsp3) is 0.853. The maximum Gasteiger partial charge on any atom is 0.305 e. The van der Waals surface area contributed by atoms with Crippen molar-refractivity contribution in [2.45, 2.75) is 181 Å². The molecule has 0 aromatic carbocycles. The highest BCUT2D eigenvalue weighted by molar-refractivity contribution is 5.69. The molecule has 36 heavy (non-hydrogen) atoms. The Morgan fingerprint density at radius 1 is 0.444 bits per heavy atom. The lowest BCUT2D eigenvalue weighted by molar-refractivity contribution is -0.143. The summed E-state index contributed by atoms with van der Waals surface area (Å²) in [5.41, 5.74) is 0. The number of esters is 1. The second kappa shape index (κ2) is 32.0. The Morgan fingerprint density at radius 3 is 1.22 bits per heavy atom. The third kappa shape index (κ3) is 31.0. The van der Waals surface area contributed by atoms with Gasteiger partial charge in [0.25, 0.3) is 0 Å². The zero-order chi connectivity index (χ0) is 26.2. The monoisotopic (exact) mass is 504 g/mol. The van der Waals surface area contributed by atoms with Gasteiger partial charge in [0.2, 0.25) is 0 Å². The van der Waals surface area contributed by atoms with Crippen LogP contribution in [0.5, 0.6) is 0 Å². The van der Waals surface area contributed by atoms with E-state index in [1.807, 2.05) is 0 Å². The summed E-state index contributed by atoms with van der Waals surface area (Å²) in [5, 5.41) is 0. The van der Waals surface area contributed by atoms with Crippen LogP contribution in [0.25, 0.3) is 0 Å². The molecule has 0 aromatic heterocycles. The minimum atomic E-state index is 0.00810. The molecule has 0 amide bonds. The highest BCUT2D eigenvalue weighted by atomic mass is 16.5. The third-order valence-electron chi connectivity index (χ3n) is 7.06. The van der Waals surface area contributed by atoms with E-state index >= 15 is 0 Å². The van der Waals surface area contributed by atoms with Crippen molar-refractivity contribution in [2.75, 3.05) is 6.61 Å². The lowest BCUT2D eigenvalue weighted by Crippen LogP contribution is -2.05. The molecule has 0 spiro atoms. The number of hydrogen-bond donors (Lipinski definition) is 0. The molecule has 0 saturated carbocycles. The van der Waals surface area contributed by atoms with E-state index in [2.05, 4.69) is 38.2 Å². The predicted octanol–water partition coefficient (Wildman–Crippen LogP) is 11.8. The van der Waals surface area contributed by atoms with Crippen LogP contribution in [-0.4, -0.2) is 12.6 Å².